The molecule has 11 rings (SSSR count). The van der Waals surface area contributed by atoms with Gasteiger partial charge in [-0.3, -0.25) is 32.5 Å². The Morgan fingerprint density at radius 2 is 1.31 bits per heavy atom. The van der Waals surface area contributed by atoms with E-state index in [9.17, 15) is 9.59 Å². The van der Waals surface area contributed by atoms with Crippen LogP contribution in [0.25, 0.3) is 11.2 Å². The van der Waals surface area contributed by atoms with Gasteiger partial charge in [0, 0.05) is 31.0 Å². The highest BCUT2D eigenvalue weighted by molar-refractivity contribution is 7.48. The highest BCUT2D eigenvalue weighted by Crippen LogP contribution is 2.58. The summed E-state index contributed by atoms with van der Waals surface area (Å²) in [4.78, 5) is 41.9. The third-order valence-electron chi connectivity index (χ3n) is 15.4. The number of ether oxygens (including phenoxy) is 5. The molecule has 3 N–H and O–H groups in total. The average molecular weight is 1120 g/mol. The number of phosphoric acid groups is 1. The van der Waals surface area contributed by atoms with Crippen LogP contribution in [-0.2, 0) is 42.4 Å². The summed E-state index contributed by atoms with van der Waals surface area (Å²) >= 11 is 0. The highest BCUT2D eigenvalue weighted by atomic mass is 31.2. The number of H-pyrrole nitrogens is 1. The number of nitrogens with zero attached hydrogens (tertiary/aromatic N) is 5. The number of aryl methyl sites for hydroxylation is 1. The number of imidazole rings is 1. The van der Waals surface area contributed by atoms with Crippen molar-refractivity contribution in [3.63, 3.8) is 0 Å². The first-order valence-corrected chi connectivity index (χ1v) is 29.9. The molecule has 8 aromatic rings. The fraction of sp³-hybridized carbons (Fsp3) is 0.339. The number of benzene rings is 5. The second kappa shape index (κ2) is 22.4. The second-order valence-corrected chi connectivity index (χ2v) is 27.0. The summed E-state index contributed by atoms with van der Waals surface area (Å²) in [5.74, 6) is 1.51. The minimum atomic E-state index is -4.54. The van der Waals surface area contributed by atoms with Crippen molar-refractivity contribution in [3.8, 4) is 11.5 Å². The molecule has 0 bridgehead atoms. The van der Waals surface area contributed by atoms with Gasteiger partial charge in [-0.25, -0.2) is 24.3 Å². The zero-order chi connectivity index (χ0) is 55.8. The van der Waals surface area contributed by atoms with Crippen LogP contribution in [0.4, 0.5) is 5.82 Å². The molecule has 0 amide bonds. The molecule has 80 heavy (non-hydrogen) atoms. The molecule has 0 aliphatic carbocycles. The molecule has 0 saturated carbocycles. The molecule has 3 fully saturated rings. The quantitative estimate of drug-likeness (QED) is 0.0499. The van der Waals surface area contributed by atoms with Crippen LogP contribution in [0.15, 0.2) is 168 Å². The van der Waals surface area contributed by atoms with Crippen molar-refractivity contribution in [2.45, 2.75) is 101 Å². The molecule has 5 aromatic carbocycles. The molecule has 8 atom stereocenters. The van der Waals surface area contributed by atoms with Crippen LogP contribution < -0.4 is 36.8 Å². The van der Waals surface area contributed by atoms with Gasteiger partial charge < -0.3 is 33.8 Å². The topological polar surface area (TPSA) is 225 Å². The summed E-state index contributed by atoms with van der Waals surface area (Å²) < 4.78 is 78.4. The van der Waals surface area contributed by atoms with E-state index in [0.717, 1.165) is 27.1 Å². The molecule has 3 aliphatic rings. The van der Waals surface area contributed by atoms with Crippen LogP contribution in [0.3, 0.4) is 0 Å². The highest BCUT2D eigenvalue weighted by Gasteiger charge is 2.57. The van der Waals surface area contributed by atoms with Crippen LogP contribution in [0.1, 0.15) is 74.7 Å². The van der Waals surface area contributed by atoms with Crippen molar-refractivity contribution in [2.75, 3.05) is 33.2 Å². The Hall–Kier alpha value is -7.10. The third kappa shape index (κ3) is 10.4. The predicted octanol–water partition coefficient (Wildman–Crippen LogP) is 8.11. The van der Waals surface area contributed by atoms with Gasteiger partial charge in [0.25, 0.3) is 13.9 Å². The first-order valence-electron chi connectivity index (χ1n) is 26.6. The van der Waals surface area contributed by atoms with Crippen molar-refractivity contribution in [3.05, 3.63) is 201 Å². The molecular weight excluding hydrogens is 1060 g/mol. The maximum Gasteiger partial charge on any atom is 0.475 e. The van der Waals surface area contributed by atoms with Gasteiger partial charge in [0.1, 0.15) is 65.8 Å². The predicted molar refractivity (Wildman–Crippen MR) is 302 cm³/mol. The van der Waals surface area contributed by atoms with Crippen molar-refractivity contribution >= 4 is 43.5 Å². The molecule has 0 unspecified atom stereocenters. The number of anilines is 1. The Morgan fingerprint density at radius 3 is 1.91 bits per heavy atom. The lowest BCUT2D eigenvalue weighted by atomic mass is 9.80. The number of phosphoric ester groups is 1. The fourth-order valence-corrected chi connectivity index (χ4v) is 17.8. The fourth-order valence-electron chi connectivity index (χ4n) is 11.5. The summed E-state index contributed by atoms with van der Waals surface area (Å²) in [6.07, 6.45) is -1.27. The van der Waals surface area contributed by atoms with Gasteiger partial charge in [-0.15, -0.1) is 0 Å². The van der Waals surface area contributed by atoms with E-state index in [-0.39, 0.29) is 38.3 Å². The lowest BCUT2D eigenvalue weighted by Crippen LogP contribution is -2.68. The number of aromatic amines is 1. The lowest BCUT2D eigenvalue weighted by molar-refractivity contribution is -0.112. The number of hydrogen-bond donors (Lipinski definition) is 2. The molecule has 416 valence electrons. The minimum Gasteiger partial charge on any atom is -0.497 e. The Morgan fingerprint density at radius 1 is 0.738 bits per heavy atom. The van der Waals surface area contributed by atoms with Gasteiger partial charge in [-0.2, -0.15) is 0 Å². The van der Waals surface area contributed by atoms with E-state index < -0.39 is 81.0 Å². The number of aromatic nitrogens is 6. The van der Waals surface area contributed by atoms with Crippen molar-refractivity contribution in [2.24, 2.45) is 0 Å². The second-order valence-electron chi connectivity index (χ2n) is 21.2. The van der Waals surface area contributed by atoms with Gasteiger partial charge in [-0.1, -0.05) is 136 Å². The monoisotopic (exact) mass is 1120 g/mol. The number of fused-ring (bicyclic) bond motifs is 1. The molecule has 0 radical (unpaired) electrons. The third-order valence-corrected chi connectivity index (χ3v) is 22.0. The minimum absolute atomic E-state index is 0.0390. The van der Waals surface area contributed by atoms with Gasteiger partial charge in [0.05, 0.1) is 39.9 Å². The van der Waals surface area contributed by atoms with Crippen molar-refractivity contribution in [1.29, 1.82) is 0 Å². The van der Waals surface area contributed by atoms with E-state index in [1.807, 2.05) is 115 Å². The van der Waals surface area contributed by atoms with E-state index in [2.05, 4.69) is 65.0 Å². The van der Waals surface area contributed by atoms with E-state index in [0.29, 0.717) is 28.2 Å². The van der Waals surface area contributed by atoms with Crippen LogP contribution in [0.5, 0.6) is 11.5 Å². The Balaban J connectivity index is 0.962. The van der Waals surface area contributed by atoms with Gasteiger partial charge >= 0.3 is 13.5 Å². The van der Waals surface area contributed by atoms with Crippen molar-refractivity contribution in [1.82, 2.24) is 29.1 Å². The molecule has 3 aliphatic heterocycles. The molecule has 6 heterocycles. The zero-order valence-corrected chi connectivity index (χ0v) is 47.1. The van der Waals surface area contributed by atoms with Crippen LogP contribution in [0.2, 0.25) is 5.04 Å². The molecule has 0 spiro atoms. The van der Waals surface area contributed by atoms with E-state index >= 15 is 4.57 Å². The van der Waals surface area contributed by atoms with E-state index in [4.69, 9.17) is 47.4 Å². The van der Waals surface area contributed by atoms with Gasteiger partial charge in [0.15, 0.2) is 11.5 Å². The molecule has 3 saturated heterocycles. The van der Waals surface area contributed by atoms with E-state index in [1.165, 1.54) is 17.1 Å². The number of rotatable bonds is 17. The smallest absolute Gasteiger partial charge is 0.475 e. The molecular formula is C59H64N7O12PSi. The van der Waals surface area contributed by atoms with Crippen LogP contribution in [0, 0.1) is 6.92 Å². The summed E-state index contributed by atoms with van der Waals surface area (Å²) in [6.45, 7) is 8.00. The summed E-state index contributed by atoms with van der Waals surface area (Å²) in [5, 5.41) is 1.60. The SMILES string of the molecule is COc1ccc(C(OC[C@H]2O[C@@H](n3cnc4c(N)ncnc43)C[C@@H]2O[P@]2(=O)OCC[C@H]([C@H]3O[C@@H](n4cc(C)c(=O)[nH]c4=O)C[C@@H]3O[Si](c3ccccc3)(c3ccccc3)C(C)(C)C)O2)(c2ccccc2)c2ccc(OC)cc2)cc1. The van der Waals surface area contributed by atoms with Crippen LogP contribution >= 0.6 is 7.82 Å². The molecule has 19 nitrogen and oxygen atoms in total. The first kappa shape index (κ1) is 54.8. The maximum atomic E-state index is 15.6. The lowest BCUT2D eigenvalue weighted by Gasteiger charge is -2.46. The molecule has 21 heteroatoms. The number of methoxy groups -OCH3 is 2. The first-order chi connectivity index (χ1) is 38.6. The Kier molecular flexibility index (Phi) is 15.4. The Bertz CT molecular complexity index is 3520. The summed E-state index contributed by atoms with van der Waals surface area (Å²) in [6, 6.07) is 45.6. The molecule has 3 aromatic heterocycles. The Labute approximate surface area is 463 Å². The largest absolute Gasteiger partial charge is 0.497 e. The standard InChI is InChI=1S/C59H64N7O12PSi/c1-38-34-65(57(68)64-56(38)67)50-33-48(78-80(58(2,3)4,44-18-12-8-13-19-44)45-20-14-9-15-21-45)53(75-50)46-30-31-73-79(69,76-46)77-47-32-51(66-37-63-52-54(60)61-36-62-55(52)66)74-49(47)35-72-59(39-16-10-7-11-17-39,40-22-26-42(70-5)27-23-40)41-24-28-43(71-6)29-25-41/h7-29,34,36-37,46-51,53H,30-33,35H2,1-6H3,(H2,60,61,62)(H,64,67,68)/t46-,47+,48+,49-,50-,51-,53-,79-/m1/s1. The summed E-state index contributed by atoms with van der Waals surface area (Å²) in [7, 11) is -4.62. The van der Waals surface area contributed by atoms with Crippen molar-refractivity contribution < 1.29 is 46.2 Å². The van der Waals surface area contributed by atoms with Crippen LogP contribution in [-0.4, -0.2) is 95.3 Å². The van der Waals surface area contributed by atoms with Gasteiger partial charge in [-0.05, 0) is 63.3 Å². The number of nitrogens with two attached hydrogens (primary N) is 1. The normalized spacial score (nSPS) is 23.6. The average Bonchev–Trinajstić information content (AvgIpc) is 4.33. The van der Waals surface area contributed by atoms with E-state index in [1.54, 1.807) is 32.0 Å². The maximum absolute atomic E-state index is 15.6. The van der Waals surface area contributed by atoms with Gasteiger partial charge in [0.2, 0.25) is 0 Å². The number of hydrogen-bond acceptors (Lipinski definition) is 16. The number of nitrogens with one attached hydrogen (secondary N) is 1. The number of nitrogen functional groups attached to an aromatic ring is 1. The summed E-state index contributed by atoms with van der Waals surface area (Å²) in [5.41, 5.74) is 7.38. The zero-order valence-electron chi connectivity index (χ0n) is 45.2.